The number of amides is 1. The molecule has 2 N–H and O–H groups in total. The highest BCUT2D eigenvalue weighted by atomic mass is 35.5. The van der Waals surface area contributed by atoms with Gasteiger partial charge in [0.1, 0.15) is 0 Å². The van der Waals surface area contributed by atoms with Crippen molar-refractivity contribution >= 4 is 28.2 Å². The van der Waals surface area contributed by atoms with E-state index in [1.807, 2.05) is 0 Å². The minimum absolute atomic E-state index is 0. The standard InChI is InChI=1S/C10H18N2O3S.ClH/c1-3-5-12(10(13)8(2)11)9-4-6-16(14,15)7-9;/h3,8-9H,1,4-7,11H2,2H3;1H/t8-,9?;/m1./s1. The van der Waals surface area contributed by atoms with Gasteiger partial charge < -0.3 is 10.6 Å². The van der Waals surface area contributed by atoms with Gasteiger partial charge in [-0.2, -0.15) is 0 Å². The van der Waals surface area contributed by atoms with Crippen LogP contribution >= 0.6 is 12.4 Å². The Morgan fingerprint density at radius 3 is 2.59 bits per heavy atom. The van der Waals surface area contributed by atoms with Crippen molar-refractivity contribution in [3.8, 4) is 0 Å². The van der Waals surface area contributed by atoms with E-state index in [4.69, 9.17) is 5.73 Å². The number of carbonyl (C=O) groups excluding carboxylic acids is 1. The van der Waals surface area contributed by atoms with Gasteiger partial charge >= 0.3 is 0 Å². The molecular formula is C10H19ClN2O3S. The molecule has 2 atom stereocenters. The minimum Gasteiger partial charge on any atom is -0.334 e. The van der Waals surface area contributed by atoms with Gasteiger partial charge in [0.2, 0.25) is 5.91 Å². The van der Waals surface area contributed by atoms with E-state index in [-0.39, 0.29) is 35.9 Å². The maximum Gasteiger partial charge on any atom is 0.239 e. The molecule has 0 aromatic heterocycles. The highest BCUT2D eigenvalue weighted by Gasteiger charge is 2.34. The molecule has 0 aromatic carbocycles. The third kappa shape index (κ3) is 4.29. The molecule has 1 rings (SSSR count). The topological polar surface area (TPSA) is 80.5 Å². The summed E-state index contributed by atoms with van der Waals surface area (Å²) in [6.07, 6.45) is 2.08. The number of rotatable bonds is 4. The van der Waals surface area contributed by atoms with Gasteiger partial charge in [-0.15, -0.1) is 19.0 Å². The fourth-order valence-corrected chi connectivity index (χ4v) is 3.57. The van der Waals surface area contributed by atoms with E-state index in [1.54, 1.807) is 13.0 Å². The van der Waals surface area contributed by atoms with Gasteiger partial charge in [-0.1, -0.05) is 6.08 Å². The second kappa shape index (κ2) is 6.37. The number of nitrogens with two attached hydrogens (primary N) is 1. The Balaban J connectivity index is 0.00000256. The first-order chi connectivity index (χ1) is 7.37. The average Bonchev–Trinajstić information content (AvgIpc) is 2.54. The second-order valence-electron chi connectivity index (χ2n) is 4.12. The van der Waals surface area contributed by atoms with Crippen molar-refractivity contribution in [2.45, 2.75) is 25.4 Å². The van der Waals surface area contributed by atoms with Crippen molar-refractivity contribution in [1.82, 2.24) is 4.90 Å². The summed E-state index contributed by atoms with van der Waals surface area (Å²) in [5.41, 5.74) is 5.53. The predicted molar refractivity (Wildman–Crippen MR) is 69.9 cm³/mol. The van der Waals surface area contributed by atoms with Crippen LogP contribution in [-0.2, 0) is 14.6 Å². The lowest BCUT2D eigenvalue weighted by molar-refractivity contribution is -0.133. The molecule has 0 saturated carbocycles. The van der Waals surface area contributed by atoms with Gasteiger partial charge in [-0.25, -0.2) is 8.42 Å². The van der Waals surface area contributed by atoms with Crippen LogP contribution in [0.15, 0.2) is 12.7 Å². The number of carbonyl (C=O) groups is 1. The molecule has 1 unspecified atom stereocenters. The summed E-state index contributed by atoms with van der Waals surface area (Å²) in [7, 11) is -2.99. The monoisotopic (exact) mass is 282 g/mol. The minimum atomic E-state index is -2.99. The van der Waals surface area contributed by atoms with Crippen LogP contribution in [0.4, 0.5) is 0 Å². The van der Waals surface area contributed by atoms with Crippen molar-refractivity contribution in [3.05, 3.63) is 12.7 Å². The van der Waals surface area contributed by atoms with E-state index in [0.717, 1.165) is 0 Å². The first-order valence-electron chi connectivity index (χ1n) is 5.25. The lowest BCUT2D eigenvalue weighted by Gasteiger charge is -2.28. The molecule has 5 nitrogen and oxygen atoms in total. The van der Waals surface area contributed by atoms with Crippen molar-refractivity contribution < 1.29 is 13.2 Å². The molecule has 1 amide bonds. The summed E-state index contributed by atoms with van der Waals surface area (Å²) >= 11 is 0. The molecule has 0 aliphatic carbocycles. The average molecular weight is 283 g/mol. The van der Waals surface area contributed by atoms with Gasteiger partial charge in [0.05, 0.1) is 17.5 Å². The summed E-state index contributed by atoms with van der Waals surface area (Å²) in [4.78, 5) is 13.3. The lowest BCUT2D eigenvalue weighted by atomic mass is 10.2. The zero-order valence-electron chi connectivity index (χ0n) is 9.83. The van der Waals surface area contributed by atoms with E-state index < -0.39 is 15.9 Å². The Hall–Kier alpha value is -0.590. The van der Waals surface area contributed by atoms with Gasteiger partial charge in [-0.05, 0) is 13.3 Å². The highest BCUT2D eigenvalue weighted by molar-refractivity contribution is 7.91. The largest absolute Gasteiger partial charge is 0.334 e. The van der Waals surface area contributed by atoms with Gasteiger partial charge in [-0.3, -0.25) is 4.79 Å². The lowest BCUT2D eigenvalue weighted by Crippen LogP contribution is -2.48. The first kappa shape index (κ1) is 16.4. The molecule has 1 aliphatic rings. The summed E-state index contributed by atoms with van der Waals surface area (Å²) in [5.74, 6) is -0.0291. The second-order valence-corrected chi connectivity index (χ2v) is 6.35. The number of halogens is 1. The Morgan fingerprint density at radius 1 is 1.65 bits per heavy atom. The van der Waals surface area contributed by atoms with Crippen LogP contribution < -0.4 is 5.73 Å². The van der Waals surface area contributed by atoms with Crippen molar-refractivity contribution in [1.29, 1.82) is 0 Å². The number of nitrogens with zero attached hydrogens (tertiary/aromatic N) is 1. The van der Waals surface area contributed by atoms with Crippen LogP contribution in [0.25, 0.3) is 0 Å². The first-order valence-corrected chi connectivity index (χ1v) is 7.07. The molecule has 0 spiro atoms. The molecular weight excluding hydrogens is 264 g/mol. The van der Waals surface area contributed by atoms with Gasteiger partial charge in [0.25, 0.3) is 0 Å². The van der Waals surface area contributed by atoms with Gasteiger partial charge in [0.15, 0.2) is 9.84 Å². The molecule has 1 aliphatic heterocycles. The summed E-state index contributed by atoms with van der Waals surface area (Å²) in [5, 5.41) is 0. The van der Waals surface area contributed by atoms with Crippen LogP contribution in [0, 0.1) is 0 Å². The highest BCUT2D eigenvalue weighted by Crippen LogP contribution is 2.18. The van der Waals surface area contributed by atoms with Gasteiger partial charge in [0, 0.05) is 12.6 Å². The van der Waals surface area contributed by atoms with Crippen molar-refractivity contribution in [2.75, 3.05) is 18.1 Å². The van der Waals surface area contributed by atoms with Crippen molar-refractivity contribution in [3.63, 3.8) is 0 Å². The maximum absolute atomic E-state index is 11.8. The Morgan fingerprint density at radius 2 is 2.24 bits per heavy atom. The summed E-state index contributed by atoms with van der Waals surface area (Å²) in [6, 6.07) is -0.857. The SMILES string of the molecule is C=CCN(C(=O)[C@@H](C)N)C1CCS(=O)(=O)C1.Cl. The Kier molecular flexibility index (Phi) is 6.15. The number of sulfone groups is 1. The fourth-order valence-electron chi connectivity index (χ4n) is 1.84. The van der Waals surface area contributed by atoms with Crippen LogP contribution in [-0.4, -0.2) is 49.4 Å². The summed E-state index contributed by atoms with van der Waals surface area (Å²) in [6.45, 7) is 5.51. The van der Waals surface area contributed by atoms with Crippen molar-refractivity contribution in [2.24, 2.45) is 5.73 Å². The smallest absolute Gasteiger partial charge is 0.239 e. The van der Waals surface area contributed by atoms with Crippen LogP contribution in [0.1, 0.15) is 13.3 Å². The molecule has 0 bridgehead atoms. The molecule has 0 radical (unpaired) electrons. The zero-order chi connectivity index (χ0) is 12.3. The van der Waals surface area contributed by atoms with Crippen LogP contribution in [0.3, 0.4) is 0 Å². The number of hydrogen-bond acceptors (Lipinski definition) is 4. The van der Waals surface area contributed by atoms with E-state index in [1.165, 1.54) is 4.90 Å². The molecule has 0 aromatic rings. The van der Waals surface area contributed by atoms with Crippen LogP contribution in [0.2, 0.25) is 0 Å². The summed E-state index contributed by atoms with van der Waals surface area (Å²) < 4.78 is 22.7. The number of hydrogen-bond donors (Lipinski definition) is 1. The fraction of sp³-hybridized carbons (Fsp3) is 0.700. The van der Waals surface area contributed by atoms with Crippen LogP contribution in [0.5, 0.6) is 0 Å². The quantitative estimate of drug-likeness (QED) is 0.734. The molecule has 1 fully saturated rings. The predicted octanol–water partition coefficient (Wildman–Crippen LogP) is -0.0429. The third-order valence-corrected chi connectivity index (χ3v) is 4.40. The third-order valence-electron chi connectivity index (χ3n) is 2.65. The normalized spacial score (nSPS) is 23.5. The van der Waals surface area contributed by atoms with E-state index >= 15 is 0 Å². The molecule has 7 heteroatoms. The van der Waals surface area contributed by atoms with E-state index in [9.17, 15) is 13.2 Å². The molecule has 17 heavy (non-hydrogen) atoms. The van der Waals surface area contributed by atoms with E-state index in [0.29, 0.717) is 13.0 Å². The zero-order valence-corrected chi connectivity index (χ0v) is 11.5. The Bertz CT molecular complexity index is 381. The molecule has 1 heterocycles. The Labute approximate surface area is 108 Å². The maximum atomic E-state index is 11.8. The van der Waals surface area contributed by atoms with E-state index in [2.05, 4.69) is 6.58 Å². The molecule has 1 saturated heterocycles. The molecule has 100 valence electrons.